The highest BCUT2D eigenvalue weighted by molar-refractivity contribution is 5.03. The second kappa shape index (κ2) is 3.94. The lowest BCUT2D eigenvalue weighted by Gasteiger charge is -2.28. The van der Waals surface area contributed by atoms with E-state index in [-0.39, 0.29) is 5.60 Å². The van der Waals surface area contributed by atoms with E-state index in [1.165, 1.54) is 0 Å². The number of hydrogen-bond donors (Lipinski definition) is 1. The number of ether oxygens (including phenoxy) is 1. The molecule has 1 aromatic heterocycles. The topological polar surface area (TPSA) is 47.3 Å². The van der Waals surface area contributed by atoms with Gasteiger partial charge in [0.2, 0.25) is 0 Å². The SMILES string of the molecule is Cn1ccc(CC(O)C2(C)CCCO2)n1. The van der Waals surface area contributed by atoms with Gasteiger partial charge < -0.3 is 9.84 Å². The molecule has 1 aromatic rings. The predicted molar refractivity (Wildman–Crippen MR) is 56.5 cm³/mol. The first kappa shape index (κ1) is 10.6. The average molecular weight is 210 g/mol. The fourth-order valence-corrected chi connectivity index (χ4v) is 2.05. The zero-order valence-electron chi connectivity index (χ0n) is 9.31. The van der Waals surface area contributed by atoms with E-state index in [2.05, 4.69) is 5.10 Å². The number of hydrogen-bond acceptors (Lipinski definition) is 3. The first-order chi connectivity index (χ1) is 7.10. The van der Waals surface area contributed by atoms with Crippen LogP contribution in [0, 0.1) is 0 Å². The van der Waals surface area contributed by atoms with Gasteiger partial charge in [-0.1, -0.05) is 0 Å². The standard InChI is InChI=1S/C11H18N2O2/c1-11(5-3-7-15-11)10(14)8-9-4-6-13(2)12-9/h4,6,10,14H,3,5,7-8H2,1-2H3. The monoisotopic (exact) mass is 210 g/mol. The lowest BCUT2D eigenvalue weighted by Crippen LogP contribution is -2.40. The molecule has 0 aliphatic carbocycles. The van der Waals surface area contributed by atoms with Gasteiger partial charge in [-0.2, -0.15) is 5.10 Å². The molecule has 0 radical (unpaired) electrons. The van der Waals surface area contributed by atoms with Crippen molar-refractivity contribution in [2.45, 2.75) is 37.9 Å². The third-order valence-electron chi connectivity index (χ3n) is 3.13. The molecule has 2 heterocycles. The van der Waals surface area contributed by atoms with E-state index in [1.807, 2.05) is 26.2 Å². The van der Waals surface area contributed by atoms with Gasteiger partial charge >= 0.3 is 0 Å². The molecule has 0 saturated carbocycles. The van der Waals surface area contributed by atoms with Gasteiger partial charge in [0.25, 0.3) is 0 Å². The van der Waals surface area contributed by atoms with Crippen molar-refractivity contribution in [1.29, 1.82) is 0 Å². The lowest BCUT2D eigenvalue weighted by molar-refractivity contribution is -0.0771. The smallest absolute Gasteiger partial charge is 0.0916 e. The lowest BCUT2D eigenvalue weighted by atomic mass is 9.92. The number of aromatic nitrogens is 2. The van der Waals surface area contributed by atoms with E-state index >= 15 is 0 Å². The second-order valence-corrected chi connectivity index (χ2v) is 4.47. The summed E-state index contributed by atoms with van der Waals surface area (Å²) in [5, 5.41) is 14.4. The summed E-state index contributed by atoms with van der Waals surface area (Å²) >= 11 is 0. The average Bonchev–Trinajstić information content (AvgIpc) is 2.76. The zero-order valence-corrected chi connectivity index (χ0v) is 9.31. The fourth-order valence-electron chi connectivity index (χ4n) is 2.05. The van der Waals surface area contributed by atoms with E-state index in [0.29, 0.717) is 6.42 Å². The summed E-state index contributed by atoms with van der Waals surface area (Å²) in [6.07, 6.45) is 3.96. The first-order valence-electron chi connectivity index (χ1n) is 5.41. The van der Waals surface area contributed by atoms with Crippen LogP contribution in [0.1, 0.15) is 25.5 Å². The molecule has 1 aliphatic heterocycles. The number of aliphatic hydroxyl groups is 1. The van der Waals surface area contributed by atoms with Gasteiger partial charge in [0.1, 0.15) is 0 Å². The molecule has 1 N–H and O–H groups in total. The Morgan fingerprint density at radius 2 is 2.53 bits per heavy atom. The number of nitrogens with zero attached hydrogens (tertiary/aromatic N) is 2. The van der Waals surface area contributed by atoms with Crippen LogP contribution in [-0.2, 0) is 18.2 Å². The Hall–Kier alpha value is -0.870. The Balaban J connectivity index is 1.99. The highest BCUT2D eigenvalue weighted by atomic mass is 16.5. The van der Waals surface area contributed by atoms with Crippen LogP contribution in [0.25, 0.3) is 0 Å². The maximum atomic E-state index is 10.1. The third-order valence-corrected chi connectivity index (χ3v) is 3.13. The molecule has 0 amide bonds. The van der Waals surface area contributed by atoms with Crippen LogP contribution in [0.2, 0.25) is 0 Å². The third kappa shape index (κ3) is 2.21. The van der Waals surface area contributed by atoms with E-state index in [1.54, 1.807) is 4.68 Å². The minimum atomic E-state index is -0.463. The molecule has 4 nitrogen and oxygen atoms in total. The van der Waals surface area contributed by atoms with Gasteiger partial charge in [-0.25, -0.2) is 0 Å². The van der Waals surface area contributed by atoms with Crippen molar-refractivity contribution in [3.05, 3.63) is 18.0 Å². The quantitative estimate of drug-likeness (QED) is 0.806. The number of aryl methyl sites for hydroxylation is 1. The first-order valence-corrected chi connectivity index (χ1v) is 5.41. The van der Waals surface area contributed by atoms with Crippen LogP contribution >= 0.6 is 0 Å². The van der Waals surface area contributed by atoms with Gasteiger partial charge in [-0.05, 0) is 25.8 Å². The van der Waals surface area contributed by atoms with Crippen molar-refractivity contribution >= 4 is 0 Å². The predicted octanol–water partition coefficient (Wildman–Crippen LogP) is 0.893. The van der Waals surface area contributed by atoms with Crippen molar-refractivity contribution in [2.75, 3.05) is 6.61 Å². The largest absolute Gasteiger partial charge is 0.390 e. The maximum Gasteiger partial charge on any atom is 0.0916 e. The zero-order chi connectivity index (χ0) is 10.9. The van der Waals surface area contributed by atoms with Crippen LogP contribution < -0.4 is 0 Å². The van der Waals surface area contributed by atoms with E-state index < -0.39 is 6.10 Å². The normalized spacial score (nSPS) is 28.2. The van der Waals surface area contributed by atoms with Crippen molar-refractivity contribution in [3.63, 3.8) is 0 Å². The summed E-state index contributed by atoms with van der Waals surface area (Å²) in [5.74, 6) is 0. The molecule has 0 bridgehead atoms. The molecule has 2 unspecified atom stereocenters. The molecule has 0 spiro atoms. The highest BCUT2D eigenvalue weighted by Gasteiger charge is 2.37. The van der Waals surface area contributed by atoms with Crippen LogP contribution in [0.4, 0.5) is 0 Å². The molecule has 2 rings (SSSR count). The number of aliphatic hydroxyl groups excluding tert-OH is 1. The second-order valence-electron chi connectivity index (χ2n) is 4.47. The van der Waals surface area contributed by atoms with Crippen LogP contribution in [0.5, 0.6) is 0 Å². The van der Waals surface area contributed by atoms with E-state index in [4.69, 9.17) is 4.74 Å². The molecule has 1 saturated heterocycles. The van der Waals surface area contributed by atoms with Crippen LogP contribution in [0.3, 0.4) is 0 Å². The van der Waals surface area contributed by atoms with Crippen molar-refractivity contribution in [2.24, 2.45) is 7.05 Å². The summed E-state index contributed by atoms with van der Waals surface area (Å²) in [4.78, 5) is 0. The molecule has 4 heteroatoms. The van der Waals surface area contributed by atoms with Gasteiger partial charge in [-0.3, -0.25) is 4.68 Å². The Morgan fingerprint density at radius 3 is 3.07 bits per heavy atom. The molecular formula is C11H18N2O2. The van der Waals surface area contributed by atoms with Gasteiger partial charge in [-0.15, -0.1) is 0 Å². The van der Waals surface area contributed by atoms with Crippen LogP contribution in [-0.4, -0.2) is 33.2 Å². The maximum absolute atomic E-state index is 10.1. The van der Waals surface area contributed by atoms with Gasteiger partial charge in [0.05, 0.1) is 17.4 Å². The molecule has 15 heavy (non-hydrogen) atoms. The highest BCUT2D eigenvalue weighted by Crippen LogP contribution is 2.29. The molecule has 1 aliphatic rings. The molecule has 0 aromatic carbocycles. The minimum Gasteiger partial charge on any atom is -0.390 e. The Kier molecular flexibility index (Phi) is 2.80. The van der Waals surface area contributed by atoms with Crippen molar-refractivity contribution < 1.29 is 9.84 Å². The number of rotatable bonds is 3. The summed E-state index contributed by atoms with van der Waals surface area (Å²) in [5.41, 5.74) is 0.541. The fraction of sp³-hybridized carbons (Fsp3) is 0.727. The molecular weight excluding hydrogens is 192 g/mol. The Morgan fingerprint density at radius 1 is 1.73 bits per heavy atom. The molecule has 84 valence electrons. The van der Waals surface area contributed by atoms with E-state index in [0.717, 1.165) is 25.1 Å². The van der Waals surface area contributed by atoms with Gasteiger partial charge in [0.15, 0.2) is 0 Å². The van der Waals surface area contributed by atoms with Gasteiger partial charge in [0, 0.05) is 26.3 Å². The van der Waals surface area contributed by atoms with E-state index in [9.17, 15) is 5.11 Å². The Bertz CT molecular complexity index is 329. The molecule has 2 atom stereocenters. The summed E-state index contributed by atoms with van der Waals surface area (Å²) in [7, 11) is 1.88. The summed E-state index contributed by atoms with van der Waals surface area (Å²) in [6, 6.07) is 1.93. The Labute approximate surface area is 89.9 Å². The molecule has 1 fully saturated rings. The van der Waals surface area contributed by atoms with Crippen molar-refractivity contribution in [3.8, 4) is 0 Å². The summed E-state index contributed by atoms with van der Waals surface area (Å²) in [6.45, 7) is 2.74. The van der Waals surface area contributed by atoms with Crippen molar-refractivity contribution in [1.82, 2.24) is 9.78 Å². The summed E-state index contributed by atoms with van der Waals surface area (Å²) < 4.78 is 7.35. The van der Waals surface area contributed by atoms with Crippen LogP contribution in [0.15, 0.2) is 12.3 Å². The minimum absolute atomic E-state index is 0.377.